The number of unbranched alkanes of at least 4 members (excludes halogenated alkanes) is 3. The lowest BCUT2D eigenvalue weighted by molar-refractivity contribution is -0.438. The lowest BCUT2D eigenvalue weighted by atomic mass is 9.81. The highest BCUT2D eigenvalue weighted by molar-refractivity contribution is 7.85. The van der Waals surface area contributed by atoms with Gasteiger partial charge in [0.1, 0.15) is 6.54 Å². The highest BCUT2D eigenvalue weighted by Crippen LogP contribution is 2.49. The van der Waals surface area contributed by atoms with Gasteiger partial charge in [0.2, 0.25) is 5.69 Å². The third-order valence-electron chi connectivity index (χ3n) is 10.0. The maximum atomic E-state index is 12.3. The van der Waals surface area contributed by atoms with Crippen molar-refractivity contribution >= 4 is 57.9 Å². The summed E-state index contributed by atoms with van der Waals surface area (Å²) in [5.41, 5.74) is 4.72. The van der Waals surface area contributed by atoms with E-state index in [4.69, 9.17) is 4.84 Å². The van der Waals surface area contributed by atoms with Gasteiger partial charge in [-0.3, -0.25) is 18.7 Å². The molecule has 0 spiro atoms. The summed E-state index contributed by atoms with van der Waals surface area (Å²) in [6.45, 7) is 9.40. The Hall–Kier alpha value is -3.94. The van der Waals surface area contributed by atoms with E-state index in [0.29, 0.717) is 50.3 Å². The van der Waals surface area contributed by atoms with Gasteiger partial charge >= 0.3 is 13.6 Å². The zero-order chi connectivity index (χ0) is 38.1. The summed E-state index contributed by atoms with van der Waals surface area (Å²) in [4.78, 5) is 62.9. The number of fused-ring (bicyclic) bond motifs is 2. The molecule has 1 saturated heterocycles. The van der Waals surface area contributed by atoms with Crippen molar-refractivity contribution in [2.24, 2.45) is 0 Å². The number of rotatable bonds is 15. The fraction of sp³-hybridized carbons (Fsp3) is 0.459. The molecule has 3 N–H and O–H groups in total. The Balaban J connectivity index is 1.38. The van der Waals surface area contributed by atoms with Crippen LogP contribution in [-0.2, 0) is 44.7 Å². The maximum Gasteiger partial charge on any atom is 0.356 e. The number of carbonyl (C=O) groups excluding carboxylic acids is 3. The molecule has 0 bridgehead atoms. The molecule has 3 aliphatic heterocycles. The van der Waals surface area contributed by atoms with Gasteiger partial charge in [0.05, 0.1) is 16.5 Å². The lowest BCUT2D eigenvalue weighted by Crippen LogP contribution is -2.32. The van der Waals surface area contributed by atoms with Gasteiger partial charge in [-0.05, 0) is 62.9 Å². The average Bonchev–Trinajstić information content (AvgIpc) is 3.57. The smallest absolute Gasteiger partial charge is 0.344 e. The van der Waals surface area contributed by atoms with Crippen molar-refractivity contribution in [2.45, 2.75) is 89.9 Å². The molecular formula is C37H47N3O10PS+. The molecule has 3 aliphatic rings. The average molecular weight is 757 g/mol. The van der Waals surface area contributed by atoms with Gasteiger partial charge in [0, 0.05) is 66.7 Å². The first-order valence-electron chi connectivity index (χ1n) is 17.5. The number of allylic oxidation sites excluding steroid dienone is 4. The molecule has 2 amide bonds. The molecule has 0 saturated carbocycles. The molecule has 3 heterocycles. The van der Waals surface area contributed by atoms with Crippen LogP contribution in [0, 0.1) is 0 Å². The number of hydroxylamine groups is 2. The predicted molar refractivity (Wildman–Crippen MR) is 196 cm³/mol. The number of imide groups is 1. The van der Waals surface area contributed by atoms with Gasteiger partial charge in [-0.15, -0.1) is 5.06 Å². The third kappa shape index (κ3) is 8.47. The second kappa shape index (κ2) is 15.2. The zero-order valence-corrected chi connectivity index (χ0v) is 31.7. The second-order valence-corrected chi connectivity index (χ2v) is 17.6. The molecule has 280 valence electrons. The molecule has 0 radical (unpaired) electrons. The van der Waals surface area contributed by atoms with Crippen LogP contribution in [0.4, 0.5) is 11.4 Å². The number of amides is 2. The van der Waals surface area contributed by atoms with Crippen LogP contribution >= 0.6 is 7.60 Å². The summed E-state index contributed by atoms with van der Waals surface area (Å²) >= 11 is 0. The Labute approximate surface area is 304 Å². The van der Waals surface area contributed by atoms with Crippen LogP contribution in [0.15, 0.2) is 66.4 Å². The standard InChI is InChI=1S/C37H46N3O10PS/c1-36(2)27-13-7-8-14-29(27)38(23-10-11-24-52(47,48)49)31(36)15-12-16-32-37(3,4)28-25-26(51(44,45)46)18-19-30(28)39(32)22-9-5-6-17-35(43)50-40-33(41)20-21-34(40)42/h7-8,12-16,18-19,25H,5-6,9-11,17,20-24H2,1-4H3,(H2-,44,45,46,47,48,49)/p+1. The minimum absolute atomic E-state index is 0.0309. The minimum atomic E-state index is -4.51. The number of carbonyl (C=O) groups is 3. The van der Waals surface area contributed by atoms with E-state index in [0.717, 1.165) is 33.9 Å². The van der Waals surface area contributed by atoms with E-state index in [-0.39, 0.29) is 35.7 Å². The van der Waals surface area contributed by atoms with E-state index >= 15 is 0 Å². The minimum Gasteiger partial charge on any atom is -0.344 e. The second-order valence-electron chi connectivity index (χ2n) is 14.5. The molecule has 0 aromatic heterocycles. The molecular weight excluding hydrogens is 709 g/mol. The highest BCUT2D eigenvalue weighted by atomic mass is 32.2. The molecule has 0 atom stereocenters. The first-order valence-corrected chi connectivity index (χ1v) is 20.7. The van der Waals surface area contributed by atoms with Crippen molar-refractivity contribution in [1.82, 2.24) is 5.06 Å². The number of anilines is 1. The van der Waals surface area contributed by atoms with Crippen molar-refractivity contribution < 1.29 is 51.1 Å². The van der Waals surface area contributed by atoms with Gasteiger partial charge in [-0.25, -0.2) is 4.79 Å². The van der Waals surface area contributed by atoms with E-state index in [1.165, 1.54) is 6.07 Å². The number of hydrogen-bond donors (Lipinski definition) is 3. The molecule has 15 heteroatoms. The summed E-state index contributed by atoms with van der Waals surface area (Å²) in [5.74, 6) is -1.99. The van der Waals surface area contributed by atoms with Gasteiger partial charge in [-0.1, -0.05) is 44.5 Å². The molecule has 0 unspecified atom stereocenters. The fourth-order valence-electron chi connectivity index (χ4n) is 7.27. The first-order chi connectivity index (χ1) is 24.3. The van der Waals surface area contributed by atoms with Crippen LogP contribution in [-0.4, -0.2) is 74.7 Å². The van der Waals surface area contributed by atoms with E-state index in [1.54, 1.807) is 12.1 Å². The monoisotopic (exact) mass is 756 g/mol. The van der Waals surface area contributed by atoms with Crippen molar-refractivity contribution in [3.05, 3.63) is 77.5 Å². The Morgan fingerprint density at radius 1 is 0.942 bits per heavy atom. The van der Waals surface area contributed by atoms with Crippen LogP contribution in [0.2, 0.25) is 0 Å². The van der Waals surface area contributed by atoms with Crippen LogP contribution < -0.4 is 10.2 Å². The van der Waals surface area contributed by atoms with Gasteiger partial charge < -0.3 is 19.5 Å². The van der Waals surface area contributed by atoms with E-state index in [1.807, 2.05) is 44.2 Å². The summed E-state index contributed by atoms with van der Waals surface area (Å²) in [6.07, 6.45) is 8.80. The third-order valence-corrected chi connectivity index (χ3v) is 11.8. The van der Waals surface area contributed by atoms with Crippen molar-refractivity contribution in [1.29, 1.82) is 0 Å². The zero-order valence-electron chi connectivity index (χ0n) is 29.9. The lowest BCUT2D eigenvalue weighted by Gasteiger charge is -2.27. The Bertz CT molecular complexity index is 2000. The topological polar surface area (TPSA) is 182 Å². The maximum absolute atomic E-state index is 12.3. The van der Waals surface area contributed by atoms with Gasteiger partial charge in [0.25, 0.3) is 21.9 Å². The summed E-state index contributed by atoms with van der Waals surface area (Å²) in [7, 11) is -8.56. The van der Waals surface area contributed by atoms with E-state index in [9.17, 15) is 41.7 Å². The summed E-state index contributed by atoms with van der Waals surface area (Å²) in [6, 6.07) is 12.8. The van der Waals surface area contributed by atoms with Crippen molar-refractivity contribution in [3.63, 3.8) is 0 Å². The van der Waals surface area contributed by atoms with Crippen molar-refractivity contribution in [3.8, 4) is 0 Å². The fourth-order valence-corrected chi connectivity index (χ4v) is 8.41. The number of hydrogen-bond acceptors (Lipinski definition) is 8. The van der Waals surface area contributed by atoms with Gasteiger partial charge in [0.15, 0.2) is 5.71 Å². The number of nitrogens with zero attached hydrogens (tertiary/aromatic N) is 3. The molecule has 52 heavy (non-hydrogen) atoms. The van der Waals surface area contributed by atoms with Crippen molar-refractivity contribution in [2.75, 3.05) is 23.7 Å². The highest BCUT2D eigenvalue weighted by Gasteiger charge is 2.44. The summed E-state index contributed by atoms with van der Waals surface area (Å²) in [5, 5.41) is 0.490. The molecule has 2 aromatic rings. The Morgan fingerprint density at radius 2 is 1.63 bits per heavy atom. The Morgan fingerprint density at radius 3 is 2.31 bits per heavy atom. The molecule has 5 rings (SSSR count). The Kier molecular flexibility index (Phi) is 11.5. The van der Waals surface area contributed by atoms with Crippen LogP contribution in [0.25, 0.3) is 0 Å². The van der Waals surface area contributed by atoms with E-state index < -0.39 is 40.9 Å². The SMILES string of the molecule is CC1(C)C(/C=C/C=C2/N(CCCCCC(=O)ON3C(=O)CCC3=O)c3ccc(P(=O)(O)O)cc3C2(C)C)=[N+](CCCCS(=O)(=O)O)c2ccccc21. The van der Waals surface area contributed by atoms with Crippen LogP contribution in [0.3, 0.4) is 0 Å². The first kappa shape index (κ1) is 39.3. The van der Waals surface area contributed by atoms with Crippen LogP contribution in [0.1, 0.15) is 90.2 Å². The number of para-hydroxylation sites is 1. The van der Waals surface area contributed by atoms with Crippen LogP contribution in [0.5, 0.6) is 0 Å². The van der Waals surface area contributed by atoms with Gasteiger partial charge in [-0.2, -0.15) is 13.0 Å². The molecule has 1 fully saturated rings. The largest absolute Gasteiger partial charge is 0.356 e. The number of benzene rings is 2. The van der Waals surface area contributed by atoms with E-state index in [2.05, 4.69) is 35.5 Å². The molecule has 0 aliphatic carbocycles. The molecule has 13 nitrogen and oxygen atoms in total. The normalized spacial score (nSPS) is 18.9. The summed E-state index contributed by atoms with van der Waals surface area (Å²) < 4.78 is 46.3. The quantitative estimate of drug-likeness (QED) is 0.0736. The molecule has 2 aromatic carbocycles. The predicted octanol–water partition coefficient (Wildman–Crippen LogP) is 4.94.